The number of thioether (sulfide) groups is 1. The van der Waals surface area contributed by atoms with Crippen molar-refractivity contribution in [3.8, 4) is 17.6 Å². The normalized spacial score (nSPS) is 14.0. The number of anilines is 1. The van der Waals surface area contributed by atoms with E-state index >= 15 is 0 Å². The van der Waals surface area contributed by atoms with Gasteiger partial charge in [-0.25, -0.2) is 0 Å². The van der Waals surface area contributed by atoms with Gasteiger partial charge in [-0.05, 0) is 66.4 Å². The van der Waals surface area contributed by atoms with Gasteiger partial charge in [-0.1, -0.05) is 34.1 Å². The van der Waals surface area contributed by atoms with E-state index < -0.39 is 23.6 Å². The third kappa shape index (κ3) is 6.39. The highest BCUT2D eigenvalue weighted by Crippen LogP contribution is 2.35. The summed E-state index contributed by atoms with van der Waals surface area (Å²) in [6.07, 6.45) is 1.56. The highest BCUT2D eigenvalue weighted by atomic mass is 79.9. The topological polar surface area (TPSA) is 109 Å². The molecule has 0 atom stereocenters. The molecular weight excluding hydrogens is 558 g/mol. The number of nitrogens with zero attached hydrogens (tertiary/aromatic N) is 2. The van der Waals surface area contributed by atoms with E-state index in [0.29, 0.717) is 28.3 Å². The minimum absolute atomic E-state index is 0.152. The maximum atomic E-state index is 13.0. The van der Waals surface area contributed by atoms with Crippen LogP contribution in [0.4, 0.5) is 10.5 Å². The molecule has 0 spiro atoms. The maximum Gasteiger partial charge on any atom is 0.294 e. The molecule has 10 heteroatoms. The average molecular weight is 578 g/mol. The van der Waals surface area contributed by atoms with Gasteiger partial charge in [0.25, 0.3) is 11.1 Å². The van der Waals surface area contributed by atoms with Crippen LogP contribution >= 0.6 is 27.7 Å². The van der Waals surface area contributed by atoms with Crippen molar-refractivity contribution in [1.29, 1.82) is 5.26 Å². The Bertz CT molecular complexity index is 1430. The first-order valence-electron chi connectivity index (χ1n) is 11.0. The number of carbonyl (C=O) groups excluding carboxylic acids is 3. The molecule has 1 aliphatic heterocycles. The van der Waals surface area contributed by atoms with E-state index in [1.807, 2.05) is 6.07 Å². The molecule has 3 amide bonds. The number of ether oxygens (including phenoxy) is 2. The lowest BCUT2D eigenvalue weighted by molar-refractivity contribution is -0.127. The van der Waals surface area contributed by atoms with Gasteiger partial charge in [-0.2, -0.15) is 5.26 Å². The molecule has 4 rings (SSSR count). The van der Waals surface area contributed by atoms with Crippen LogP contribution in [0.2, 0.25) is 0 Å². The average Bonchev–Trinajstić information content (AvgIpc) is 3.16. The molecule has 0 radical (unpaired) electrons. The van der Waals surface area contributed by atoms with Crippen molar-refractivity contribution in [2.24, 2.45) is 0 Å². The molecule has 3 aromatic carbocycles. The van der Waals surface area contributed by atoms with Crippen molar-refractivity contribution < 1.29 is 23.9 Å². The predicted octanol–water partition coefficient (Wildman–Crippen LogP) is 5.58. The standard InChI is InChI=1S/C27H20BrN3O5S/c1-35-22-9-7-21(8-10-22)30-25(32)15-31-26(33)24(37-27(31)34)13-19-12-20(28)6-11-23(19)36-16-18-5-3-2-4-17(18)14-29/h2-13H,15-16H2,1H3,(H,30,32)/b24-13+. The molecule has 1 fully saturated rings. The largest absolute Gasteiger partial charge is 0.497 e. The van der Waals surface area contributed by atoms with Crippen LogP contribution in [0.15, 0.2) is 76.1 Å². The number of benzene rings is 3. The molecule has 0 aromatic heterocycles. The third-order valence-electron chi connectivity index (χ3n) is 5.33. The van der Waals surface area contributed by atoms with Crippen LogP contribution in [0, 0.1) is 11.3 Å². The Morgan fingerprint density at radius 2 is 1.89 bits per heavy atom. The molecule has 1 aliphatic rings. The van der Waals surface area contributed by atoms with E-state index in [-0.39, 0.29) is 11.5 Å². The van der Waals surface area contributed by atoms with E-state index in [2.05, 4.69) is 27.3 Å². The number of nitriles is 1. The number of imide groups is 1. The Hall–Kier alpha value is -4.07. The van der Waals surface area contributed by atoms with Crippen molar-refractivity contribution in [1.82, 2.24) is 4.90 Å². The molecular formula is C27H20BrN3O5S. The number of hydrogen-bond acceptors (Lipinski definition) is 7. The molecule has 0 aliphatic carbocycles. The Morgan fingerprint density at radius 3 is 2.62 bits per heavy atom. The second kappa shape index (κ2) is 11.8. The number of nitrogens with one attached hydrogen (secondary N) is 1. The number of carbonyl (C=O) groups is 3. The van der Waals surface area contributed by atoms with Crippen molar-refractivity contribution in [2.75, 3.05) is 19.0 Å². The molecule has 0 unspecified atom stereocenters. The lowest BCUT2D eigenvalue weighted by Crippen LogP contribution is -2.36. The zero-order chi connectivity index (χ0) is 26.4. The molecule has 1 saturated heterocycles. The molecule has 8 nitrogen and oxygen atoms in total. The Morgan fingerprint density at radius 1 is 1.14 bits per heavy atom. The van der Waals surface area contributed by atoms with Gasteiger partial charge in [0.1, 0.15) is 24.7 Å². The molecule has 1 heterocycles. The van der Waals surface area contributed by atoms with Gasteiger partial charge >= 0.3 is 0 Å². The summed E-state index contributed by atoms with van der Waals surface area (Å²) in [4.78, 5) is 39.1. The fourth-order valence-electron chi connectivity index (χ4n) is 3.47. The quantitative estimate of drug-likeness (QED) is 0.348. The van der Waals surface area contributed by atoms with Crippen molar-refractivity contribution in [3.63, 3.8) is 0 Å². The summed E-state index contributed by atoms with van der Waals surface area (Å²) >= 11 is 4.17. The first-order chi connectivity index (χ1) is 17.9. The second-order valence-electron chi connectivity index (χ2n) is 7.78. The molecule has 3 aromatic rings. The summed E-state index contributed by atoms with van der Waals surface area (Å²) < 4.78 is 11.8. The monoisotopic (exact) mass is 577 g/mol. The summed E-state index contributed by atoms with van der Waals surface area (Å²) in [7, 11) is 1.54. The zero-order valence-corrected chi connectivity index (χ0v) is 22.0. The van der Waals surface area contributed by atoms with Crippen LogP contribution in [0.25, 0.3) is 6.08 Å². The third-order valence-corrected chi connectivity index (χ3v) is 6.73. The van der Waals surface area contributed by atoms with Gasteiger partial charge in [0.05, 0.1) is 23.6 Å². The van der Waals surface area contributed by atoms with Crippen LogP contribution < -0.4 is 14.8 Å². The van der Waals surface area contributed by atoms with E-state index in [1.165, 1.54) is 7.11 Å². The molecule has 1 N–H and O–H groups in total. The van der Waals surface area contributed by atoms with E-state index in [4.69, 9.17) is 9.47 Å². The number of amides is 3. The Balaban J connectivity index is 1.48. The first-order valence-corrected chi connectivity index (χ1v) is 12.6. The van der Waals surface area contributed by atoms with E-state index in [9.17, 15) is 19.6 Å². The summed E-state index contributed by atoms with van der Waals surface area (Å²) in [6.45, 7) is -0.264. The maximum absolute atomic E-state index is 13.0. The molecule has 186 valence electrons. The van der Waals surface area contributed by atoms with Crippen LogP contribution in [0.1, 0.15) is 16.7 Å². The smallest absolute Gasteiger partial charge is 0.294 e. The lowest BCUT2D eigenvalue weighted by atomic mass is 10.1. The minimum Gasteiger partial charge on any atom is -0.497 e. The van der Waals surface area contributed by atoms with Crippen LogP contribution in [0.5, 0.6) is 11.5 Å². The minimum atomic E-state index is -0.569. The van der Waals surface area contributed by atoms with Crippen molar-refractivity contribution >= 4 is 56.5 Å². The van der Waals surface area contributed by atoms with Gasteiger partial charge in [0.2, 0.25) is 5.91 Å². The number of hydrogen-bond donors (Lipinski definition) is 1. The van der Waals surface area contributed by atoms with Crippen LogP contribution in [-0.2, 0) is 16.2 Å². The predicted molar refractivity (Wildman–Crippen MR) is 144 cm³/mol. The van der Waals surface area contributed by atoms with Gasteiger partial charge < -0.3 is 14.8 Å². The summed E-state index contributed by atoms with van der Waals surface area (Å²) in [6, 6.07) is 21.2. The summed E-state index contributed by atoms with van der Waals surface area (Å²) in [5.74, 6) is 0.0382. The first kappa shape index (κ1) is 26.0. The van der Waals surface area contributed by atoms with Gasteiger partial charge in [-0.15, -0.1) is 0 Å². The molecule has 0 bridgehead atoms. The van der Waals surface area contributed by atoms with Gasteiger partial charge in [-0.3, -0.25) is 19.3 Å². The summed E-state index contributed by atoms with van der Waals surface area (Å²) in [5.41, 5.74) is 2.32. The van der Waals surface area contributed by atoms with Crippen LogP contribution in [0.3, 0.4) is 0 Å². The Kier molecular flexibility index (Phi) is 8.28. The molecule has 0 saturated carbocycles. The summed E-state index contributed by atoms with van der Waals surface area (Å²) in [5, 5.41) is 11.4. The lowest BCUT2D eigenvalue weighted by Gasteiger charge is -2.13. The highest BCUT2D eigenvalue weighted by molar-refractivity contribution is 9.10. The molecule has 37 heavy (non-hydrogen) atoms. The van der Waals surface area contributed by atoms with Gasteiger partial charge in [0, 0.05) is 21.3 Å². The van der Waals surface area contributed by atoms with Crippen LogP contribution in [-0.4, -0.2) is 35.6 Å². The highest BCUT2D eigenvalue weighted by Gasteiger charge is 2.36. The fourth-order valence-corrected chi connectivity index (χ4v) is 4.68. The SMILES string of the molecule is COc1ccc(NC(=O)CN2C(=O)S/C(=C/c3cc(Br)ccc3OCc3ccccc3C#N)C2=O)cc1. The van der Waals surface area contributed by atoms with E-state index in [0.717, 1.165) is 26.7 Å². The number of rotatable bonds is 8. The zero-order valence-electron chi connectivity index (χ0n) is 19.6. The van der Waals surface area contributed by atoms with E-state index in [1.54, 1.807) is 66.7 Å². The second-order valence-corrected chi connectivity index (χ2v) is 9.69. The number of halogens is 1. The van der Waals surface area contributed by atoms with Crippen molar-refractivity contribution in [2.45, 2.75) is 6.61 Å². The Labute approximate surface area is 226 Å². The fraction of sp³-hybridized carbons (Fsp3) is 0.111. The van der Waals surface area contributed by atoms with Crippen molar-refractivity contribution in [3.05, 3.63) is 92.8 Å². The van der Waals surface area contributed by atoms with Gasteiger partial charge in [0.15, 0.2) is 0 Å². The number of methoxy groups -OCH3 is 1.